The fraction of sp³-hybridized carbons (Fsp3) is 0.550. The van der Waals surface area contributed by atoms with E-state index in [1.54, 1.807) is 25.5 Å². The first-order chi connectivity index (χ1) is 15.3. The number of rotatable bonds is 7. The lowest BCUT2D eigenvalue weighted by molar-refractivity contribution is -0.117. The van der Waals surface area contributed by atoms with Crippen molar-refractivity contribution in [3.63, 3.8) is 0 Å². The minimum Gasteiger partial charge on any atom is -0.443 e. The van der Waals surface area contributed by atoms with Crippen molar-refractivity contribution >= 4 is 49.5 Å². The van der Waals surface area contributed by atoms with Crippen LogP contribution in [0.3, 0.4) is 0 Å². The number of ether oxygens (including phenoxy) is 1. The van der Waals surface area contributed by atoms with Crippen LogP contribution in [-0.2, 0) is 19.7 Å². The van der Waals surface area contributed by atoms with E-state index in [0.717, 1.165) is 0 Å². The number of amidine groups is 1. The summed E-state index contributed by atoms with van der Waals surface area (Å²) >= 11 is 3.05. The van der Waals surface area contributed by atoms with E-state index in [-0.39, 0.29) is 28.6 Å². The van der Waals surface area contributed by atoms with Gasteiger partial charge in [-0.05, 0) is 86.5 Å². The molecule has 0 aromatic heterocycles. The van der Waals surface area contributed by atoms with Gasteiger partial charge in [-0.3, -0.25) is 4.79 Å². The molecule has 0 spiro atoms. The fourth-order valence-electron chi connectivity index (χ4n) is 3.34. The Hall–Kier alpha value is -2.25. The molecule has 0 unspecified atom stereocenters. The predicted molar refractivity (Wildman–Crippen MR) is 124 cm³/mol. The van der Waals surface area contributed by atoms with Crippen LogP contribution in [0.25, 0.3) is 0 Å². The number of Topliss-reactive ketones (excluding diaryl/α,β-unsaturated/α-hetero) is 1. The number of ketones is 1. The summed E-state index contributed by atoms with van der Waals surface area (Å²) in [6.07, 6.45) is 0.996. The molecule has 1 aromatic carbocycles. The Morgan fingerprint density at radius 3 is 2.42 bits per heavy atom. The van der Waals surface area contributed by atoms with E-state index in [2.05, 4.69) is 31.1 Å². The number of anilines is 1. The van der Waals surface area contributed by atoms with Gasteiger partial charge in [-0.1, -0.05) is 5.16 Å². The summed E-state index contributed by atoms with van der Waals surface area (Å²) in [6.45, 7) is 4.95. The summed E-state index contributed by atoms with van der Waals surface area (Å²) in [5.74, 6) is -1.53. The summed E-state index contributed by atoms with van der Waals surface area (Å²) in [5, 5.41) is 15.0. The third-order valence-corrected chi connectivity index (χ3v) is 6.50. The first-order valence-electron chi connectivity index (χ1n) is 10.3. The van der Waals surface area contributed by atoms with Gasteiger partial charge in [0.2, 0.25) is 11.6 Å². The number of oxime groups is 1. The summed E-state index contributed by atoms with van der Waals surface area (Å²) < 4.78 is 46.7. The van der Waals surface area contributed by atoms with Crippen molar-refractivity contribution < 1.29 is 32.3 Å². The maximum atomic E-state index is 13.4. The summed E-state index contributed by atoms with van der Waals surface area (Å²) in [4.78, 5) is 24.4. The van der Waals surface area contributed by atoms with Gasteiger partial charge in [0.25, 0.3) is 0 Å². The van der Waals surface area contributed by atoms with Crippen molar-refractivity contribution in [2.75, 3.05) is 11.9 Å². The van der Waals surface area contributed by atoms with Gasteiger partial charge >= 0.3 is 16.3 Å². The van der Waals surface area contributed by atoms with Crippen molar-refractivity contribution in [2.45, 2.75) is 52.1 Å². The van der Waals surface area contributed by atoms with Crippen molar-refractivity contribution in [1.82, 2.24) is 9.44 Å². The number of carbonyl (C=O) groups is 2. The molecule has 2 rings (SSSR count). The zero-order chi connectivity index (χ0) is 24.8. The quantitative estimate of drug-likeness (QED) is 0.176. The normalized spacial score (nSPS) is 19.6. The molecule has 1 aliphatic carbocycles. The molecule has 0 atom stereocenters. The van der Waals surface area contributed by atoms with Gasteiger partial charge in [0.1, 0.15) is 11.4 Å². The Balaban J connectivity index is 1.83. The molecule has 0 bridgehead atoms. The smallest absolute Gasteiger partial charge is 0.422 e. The highest BCUT2D eigenvalue weighted by molar-refractivity contribution is 9.10. The fourth-order valence-corrected chi connectivity index (χ4v) is 4.51. The van der Waals surface area contributed by atoms with Crippen LogP contribution in [0.1, 0.15) is 46.5 Å². The molecule has 0 heterocycles. The number of hydrogen-bond donors (Lipinski definition) is 4. The Kier molecular flexibility index (Phi) is 9.20. The molecule has 184 valence electrons. The molecule has 13 heteroatoms. The molecule has 4 N–H and O–H groups in total. The number of amides is 1. The van der Waals surface area contributed by atoms with Crippen LogP contribution >= 0.6 is 15.9 Å². The highest BCUT2D eigenvalue weighted by Crippen LogP contribution is 2.30. The SMILES string of the molecule is CC(C)(C)OC(=O)NS(=O)(=O)NC[C@H]1CC[C@H](C(=O)/C(=N/O)Nc2ccc(F)c(Br)c2)CC1. The summed E-state index contributed by atoms with van der Waals surface area (Å²) in [5.41, 5.74) is -0.450. The van der Waals surface area contributed by atoms with Crippen molar-refractivity contribution in [3.8, 4) is 0 Å². The molecule has 1 aliphatic rings. The number of hydrogen-bond acceptors (Lipinski definition) is 7. The lowest BCUT2D eigenvalue weighted by atomic mass is 9.80. The number of halogens is 2. The maximum Gasteiger partial charge on any atom is 0.422 e. The highest BCUT2D eigenvalue weighted by Gasteiger charge is 2.30. The molecular formula is C20H28BrFN4O6S. The van der Waals surface area contributed by atoms with E-state index in [1.807, 2.05) is 0 Å². The minimum atomic E-state index is -4.08. The topological polar surface area (TPSA) is 146 Å². The third kappa shape index (κ3) is 8.89. The number of nitrogens with zero attached hydrogens (tertiary/aromatic N) is 1. The van der Waals surface area contributed by atoms with Gasteiger partial charge in [0, 0.05) is 18.2 Å². The standard InChI is InChI=1S/C20H28BrFN4O6S/c1-20(2,3)32-19(28)26-33(30,31)23-11-12-4-6-13(7-5-12)17(27)18(25-29)24-14-8-9-16(22)15(21)10-14/h8-10,12-13,23,29H,4-7,11H2,1-3H3,(H,24,25)(H,26,28)/t12-,13-. The van der Waals surface area contributed by atoms with Gasteiger partial charge in [-0.15, -0.1) is 0 Å². The zero-order valence-electron chi connectivity index (χ0n) is 18.5. The molecule has 10 nitrogen and oxygen atoms in total. The van der Waals surface area contributed by atoms with E-state index >= 15 is 0 Å². The average molecular weight is 551 g/mol. The molecular weight excluding hydrogens is 523 g/mol. The van der Waals surface area contributed by atoms with Crippen LogP contribution in [0.15, 0.2) is 27.8 Å². The second kappa shape index (κ2) is 11.3. The van der Waals surface area contributed by atoms with Gasteiger partial charge < -0.3 is 15.3 Å². The Morgan fingerprint density at radius 1 is 1.24 bits per heavy atom. The van der Waals surface area contributed by atoms with Crippen LogP contribution in [0.4, 0.5) is 14.9 Å². The zero-order valence-corrected chi connectivity index (χ0v) is 20.9. The summed E-state index contributed by atoms with van der Waals surface area (Å²) in [7, 11) is -4.08. The van der Waals surface area contributed by atoms with Gasteiger partial charge in [-0.2, -0.15) is 13.1 Å². The number of carbonyl (C=O) groups excluding carboxylic acids is 2. The van der Waals surface area contributed by atoms with E-state index in [4.69, 9.17) is 4.74 Å². The van der Waals surface area contributed by atoms with E-state index < -0.39 is 33.6 Å². The van der Waals surface area contributed by atoms with Crippen LogP contribution in [0, 0.1) is 17.7 Å². The highest BCUT2D eigenvalue weighted by atomic mass is 79.9. The van der Waals surface area contributed by atoms with Gasteiger partial charge in [-0.25, -0.2) is 13.9 Å². The van der Waals surface area contributed by atoms with Crippen LogP contribution in [-0.4, -0.2) is 43.5 Å². The largest absolute Gasteiger partial charge is 0.443 e. The Labute approximate surface area is 200 Å². The van der Waals surface area contributed by atoms with Crippen molar-refractivity contribution in [1.29, 1.82) is 0 Å². The van der Waals surface area contributed by atoms with Gasteiger partial charge in [0.05, 0.1) is 4.47 Å². The lowest BCUT2D eigenvalue weighted by Crippen LogP contribution is -2.44. The molecule has 33 heavy (non-hydrogen) atoms. The molecule has 1 aromatic rings. The Bertz CT molecular complexity index is 1000. The predicted octanol–water partition coefficient (Wildman–Crippen LogP) is 3.52. The third-order valence-electron chi connectivity index (χ3n) is 4.91. The summed E-state index contributed by atoms with van der Waals surface area (Å²) in [6, 6.07) is 4.03. The maximum absolute atomic E-state index is 13.4. The second-order valence-electron chi connectivity index (χ2n) is 8.74. The molecule has 1 amide bonds. The van der Waals surface area contributed by atoms with E-state index in [1.165, 1.54) is 18.2 Å². The van der Waals surface area contributed by atoms with E-state index in [9.17, 15) is 27.6 Å². The van der Waals surface area contributed by atoms with Gasteiger partial charge in [0.15, 0.2) is 0 Å². The molecule has 1 saturated carbocycles. The Morgan fingerprint density at radius 2 is 1.88 bits per heavy atom. The first-order valence-corrected chi connectivity index (χ1v) is 12.6. The van der Waals surface area contributed by atoms with Crippen LogP contribution in [0.5, 0.6) is 0 Å². The number of nitrogens with one attached hydrogen (secondary N) is 3. The lowest BCUT2D eigenvalue weighted by Gasteiger charge is -2.28. The number of benzene rings is 1. The molecule has 0 aliphatic heterocycles. The van der Waals surface area contributed by atoms with Crippen molar-refractivity contribution in [3.05, 3.63) is 28.5 Å². The molecule has 0 saturated heterocycles. The van der Waals surface area contributed by atoms with Crippen LogP contribution in [0.2, 0.25) is 0 Å². The average Bonchev–Trinajstić information content (AvgIpc) is 2.71. The van der Waals surface area contributed by atoms with Crippen molar-refractivity contribution in [2.24, 2.45) is 17.0 Å². The second-order valence-corrected chi connectivity index (χ2v) is 11.1. The van der Waals surface area contributed by atoms with E-state index in [0.29, 0.717) is 31.4 Å². The molecule has 0 radical (unpaired) electrons. The molecule has 1 fully saturated rings. The monoisotopic (exact) mass is 550 g/mol. The minimum absolute atomic E-state index is 0.0280. The van der Waals surface area contributed by atoms with Crippen LogP contribution < -0.4 is 14.8 Å². The first kappa shape index (κ1) is 27.0.